The van der Waals surface area contributed by atoms with Gasteiger partial charge in [0, 0.05) is 32.5 Å². The second-order valence-corrected chi connectivity index (χ2v) is 10.4. The third-order valence-corrected chi connectivity index (χ3v) is 8.45. The van der Waals surface area contributed by atoms with Crippen LogP contribution in [0.1, 0.15) is 0 Å². The Morgan fingerprint density at radius 1 is 0.639 bits per heavy atom. The molecule has 0 aliphatic carbocycles. The lowest BCUT2D eigenvalue weighted by atomic mass is 9.35. The second-order valence-electron chi connectivity index (χ2n) is 9.29. The molecule has 0 unspecified atom stereocenters. The van der Waals surface area contributed by atoms with Gasteiger partial charge in [0.05, 0.1) is 11.0 Å². The van der Waals surface area contributed by atoms with Gasteiger partial charge in [-0.2, -0.15) is 0 Å². The van der Waals surface area contributed by atoms with Crippen LogP contribution < -0.4 is 21.3 Å². The zero-order valence-corrected chi connectivity index (χ0v) is 20.2. The molecule has 0 saturated heterocycles. The number of imidazole rings is 1. The van der Waals surface area contributed by atoms with Crippen LogP contribution in [0.3, 0.4) is 0 Å². The highest BCUT2D eigenvalue weighted by Gasteiger charge is 2.39. The van der Waals surface area contributed by atoms with Crippen molar-refractivity contribution in [1.29, 1.82) is 0 Å². The summed E-state index contributed by atoms with van der Waals surface area (Å²) in [5.74, 6) is 0. The van der Waals surface area contributed by atoms with E-state index >= 15 is 0 Å². The fraction of sp³-hybridized carbons (Fsp3) is 0. The summed E-state index contributed by atoms with van der Waals surface area (Å²) in [6, 6.07) is 41.4. The first kappa shape index (κ1) is 20.0. The molecule has 3 nitrogen and oxygen atoms in total. The van der Waals surface area contributed by atoms with Crippen LogP contribution in [0, 0.1) is 0 Å². The Labute approximate surface area is 214 Å². The Kier molecular flexibility index (Phi) is 4.25. The van der Waals surface area contributed by atoms with E-state index in [1.54, 1.807) is 0 Å². The number of anilines is 3. The molecule has 168 valence electrons. The number of hydrogen-bond donors (Lipinski definition) is 0. The summed E-state index contributed by atoms with van der Waals surface area (Å²) in [5.41, 5.74) is 11.0. The Morgan fingerprint density at radius 2 is 1.33 bits per heavy atom. The Morgan fingerprint density at radius 3 is 2.11 bits per heavy atom. The first-order valence-corrected chi connectivity index (χ1v) is 13.0. The lowest BCUT2D eigenvalue weighted by Crippen LogP contribution is -2.58. The van der Waals surface area contributed by atoms with Gasteiger partial charge in [-0.05, 0) is 59.5 Å². The molecule has 0 bridgehead atoms. The monoisotopic (exact) mass is 477 g/mol. The van der Waals surface area contributed by atoms with Crippen molar-refractivity contribution in [3.63, 3.8) is 0 Å². The van der Waals surface area contributed by atoms with Gasteiger partial charge in [0.2, 0.25) is 6.71 Å². The first-order valence-electron chi connectivity index (χ1n) is 12.2. The molecule has 5 heteroatoms. The van der Waals surface area contributed by atoms with Gasteiger partial charge in [0.25, 0.3) is 0 Å². The molecule has 36 heavy (non-hydrogen) atoms. The highest BCUT2D eigenvalue weighted by atomic mass is 32.2. The van der Waals surface area contributed by atoms with Gasteiger partial charge < -0.3 is 4.90 Å². The second kappa shape index (κ2) is 7.64. The van der Waals surface area contributed by atoms with Gasteiger partial charge >= 0.3 is 0 Å². The molecule has 3 heterocycles. The van der Waals surface area contributed by atoms with Crippen LogP contribution in [-0.2, 0) is 0 Å². The van der Waals surface area contributed by atoms with Crippen LogP contribution in [0.4, 0.5) is 17.1 Å². The van der Waals surface area contributed by atoms with Gasteiger partial charge in [-0.1, -0.05) is 84.0 Å². The van der Waals surface area contributed by atoms with E-state index in [1.165, 1.54) is 37.4 Å². The van der Waals surface area contributed by atoms with Crippen LogP contribution in [0.15, 0.2) is 131 Å². The molecule has 0 N–H and O–H groups in total. The van der Waals surface area contributed by atoms with E-state index in [0.29, 0.717) is 0 Å². The minimum Gasteiger partial charge on any atom is -0.310 e. The summed E-state index contributed by atoms with van der Waals surface area (Å²) in [6.07, 6.45) is 1.99. The normalized spacial score (nSPS) is 12.8. The van der Waals surface area contributed by atoms with Gasteiger partial charge in [-0.15, -0.1) is 0 Å². The summed E-state index contributed by atoms with van der Waals surface area (Å²) >= 11 is 1.88. The van der Waals surface area contributed by atoms with Gasteiger partial charge in [-0.3, -0.25) is 4.57 Å². The van der Waals surface area contributed by atoms with E-state index in [-0.39, 0.29) is 6.71 Å². The molecule has 0 atom stereocenters. The number of hydrogen-bond acceptors (Lipinski definition) is 3. The summed E-state index contributed by atoms with van der Waals surface area (Å²) in [5, 5.41) is 0. The van der Waals surface area contributed by atoms with Crippen LogP contribution in [0.5, 0.6) is 0 Å². The SMILES string of the molecule is c1ccc(N(c2ccccc2)c2cc3c4c(c2)-n2cnc5cccc(c52)B4c2ccccc2S3)cc1. The molecule has 5 aromatic carbocycles. The molecule has 0 saturated carbocycles. The Bertz CT molecular complexity index is 1740. The molecule has 2 aliphatic heterocycles. The van der Waals surface area contributed by atoms with E-state index in [1.807, 2.05) is 18.1 Å². The van der Waals surface area contributed by atoms with Gasteiger partial charge in [0.1, 0.15) is 6.33 Å². The molecule has 0 spiro atoms. The standard InChI is InChI=1S/C31H20BN3S/c1-3-10-21(11-4-1)35(22-12-5-2-6-13-22)23-18-27-30-29(19-23)36-28-17-8-7-14-24(28)32(30)25-15-9-16-26-31(25)34(27)20-33-26/h1-20H. The maximum absolute atomic E-state index is 4.80. The zero-order valence-electron chi connectivity index (χ0n) is 19.4. The molecule has 0 radical (unpaired) electrons. The summed E-state index contributed by atoms with van der Waals surface area (Å²) in [6.45, 7) is 0.205. The highest BCUT2D eigenvalue weighted by Crippen LogP contribution is 2.41. The molecular weight excluding hydrogens is 457 g/mol. The first-order chi connectivity index (χ1) is 17.9. The predicted molar refractivity (Wildman–Crippen MR) is 151 cm³/mol. The van der Waals surface area contributed by atoms with Crippen molar-refractivity contribution >= 4 is 63.0 Å². The number of fused-ring (bicyclic) bond motifs is 4. The molecular formula is C31H20BN3S. The average molecular weight is 477 g/mol. The minimum atomic E-state index is 0.205. The van der Waals surface area contributed by atoms with E-state index in [2.05, 4.69) is 125 Å². The number of nitrogens with zero attached hydrogens (tertiary/aromatic N) is 3. The van der Waals surface area contributed by atoms with Gasteiger partial charge in [-0.25, -0.2) is 4.98 Å². The Hall–Kier alpha value is -4.22. The van der Waals surface area contributed by atoms with E-state index in [0.717, 1.165) is 22.6 Å². The van der Waals surface area contributed by atoms with E-state index in [9.17, 15) is 0 Å². The number of para-hydroxylation sites is 3. The topological polar surface area (TPSA) is 21.1 Å². The van der Waals surface area contributed by atoms with E-state index < -0.39 is 0 Å². The van der Waals surface area contributed by atoms with Crippen molar-refractivity contribution < 1.29 is 0 Å². The van der Waals surface area contributed by atoms with Crippen LogP contribution >= 0.6 is 11.8 Å². The van der Waals surface area contributed by atoms with Crippen molar-refractivity contribution in [2.75, 3.05) is 4.90 Å². The molecule has 2 aliphatic rings. The fourth-order valence-electron chi connectivity index (χ4n) is 5.82. The number of rotatable bonds is 3. The zero-order chi connectivity index (χ0) is 23.6. The predicted octanol–water partition coefficient (Wildman–Crippen LogP) is 5.79. The summed E-state index contributed by atoms with van der Waals surface area (Å²) < 4.78 is 2.30. The third kappa shape index (κ3) is 2.81. The van der Waals surface area contributed by atoms with Crippen molar-refractivity contribution in [2.24, 2.45) is 0 Å². The number of aromatic nitrogens is 2. The molecule has 1 aromatic heterocycles. The fourth-order valence-corrected chi connectivity index (χ4v) is 7.02. The lowest BCUT2D eigenvalue weighted by Gasteiger charge is -2.34. The van der Waals surface area contributed by atoms with E-state index in [4.69, 9.17) is 4.98 Å². The highest BCUT2D eigenvalue weighted by molar-refractivity contribution is 8.00. The third-order valence-electron chi connectivity index (χ3n) is 7.30. The minimum absolute atomic E-state index is 0.205. The Balaban J connectivity index is 1.45. The van der Waals surface area contributed by atoms with Crippen molar-refractivity contribution in [3.8, 4) is 5.69 Å². The summed E-state index contributed by atoms with van der Waals surface area (Å²) in [7, 11) is 0. The van der Waals surface area contributed by atoms with Crippen LogP contribution in [0.2, 0.25) is 0 Å². The van der Waals surface area contributed by atoms with Gasteiger partial charge in [0.15, 0.2) is 0 Å². The maximum Gasteiger partial charge on any atom is 0.249 e. The molecule has 0 amide bonds. The van der Waals surface area contributed by atoms with Crippen LogP contribution in [0.25, 0.3) is 16.7 Å². The maximum atomic E-state index is 4.80. The quantitative estimate of drug-likeness (QED) is 0.301. The molecule has 6 aromatic rings. The molecule has 8 rings (SSSR count). The van der Waals surface area contributed by atoms with Crippen molar-refractivity contribution in [3.05, 3.63) is 122 Å². The number of benzene rings is 5. The summed E-state index contributed by atoms with van der Waals surface area (Å²) in [4.78, 5) is 9.78. The average Bonchev–Trinajstić information content (AvgIpc) is 3.37. The smallest absolute Gasteiger partial charge is 0.249 e. The largest absolute Gasteiger partial charge is 0.310 e. The van der Waals surface area contributed by atoms with Crippen LogP contribution in [-0.4, -0.2) is 16.3 Å². The molecule has 0 fully saturated rings. The van der Waals surface area contributed by atoms with Crippen molar-refractivity contribution in [2.45, 2.75) is 9.79 Å². The van der Waals surface area contributed by atoms with Crippen molar-refractivity contribution in [1.82, 2.24) is 9.55 Å². The lowest BCUT2D eigenvalue weighted by molar-refractivity contribution is 1.09.